The second-order valence-electron chi connectivity index (χ2n) is 5.52. The molecular weight excluding hydrogens is 377 g/mol. The van der Waals surface area contributed by atoms with Gasteiger partial charge in [0.15, 0.2) is 0 Å². The number of benzene rings is 2. The standard InChI is InChI=1S/C19H15Cl2NO2S/c1-3-25-17-16(12-4-6-13(20)7-5-12)18(23)22(19(17)24)15-9-8-14(21)10-11(15)2/h4-10H,3H2,1-2H3. The Morgan fingerprint density at radius 3 is 2.20 bits per heavy atom. The summed E-state index contributed by atoms with van der Waals surface area (Å²) in [5.74, 6) is 0.0692. The van der Waals surface area contributed by atoms with Crippen LogP contribution >= 0.6 is 35.0 Å². The van der Waals surface area contributed by atoms with E-state index in [2.05, 4.69) is 0 Å². The van der Waals surface area contributed by atoms with E-state index < -0.39 is 0 Å². The van der Waals surface area contributed by atoms with Crippen molar-refractivity contribution in [2.24, 2.45) is 0 Å². The van der Waals surface area contributed by atoms with E-state index in [0.717, 1.165) is 5.56 Å². The minimum Gasteiger partial charge on any atom is -0.268 e. The number of hydrogen-bond donors (Lipinski definition) is 0. The van der Waals surface area contributed by atoms with E-state index in [4.69, 9.17) is 23.2 Å². The summed E-state index contributed by atoms with van der Waals surface area (Å²) < 4.78 is 0. The fourth-order valence-electron chi connectivity index (χ4n) is 2.75. The molecule has 0 fully saturated rings. The maximum atomic E-state index is 13.1. The molecule has 0 atom stereocenters. The third kappa shape index (κ3) is 3.34. The van der Waals surface area contributed by atoms with Crippen molar-refractivity contribution >= 4 is 58.0 Å². The van der Waals surface area contributed by atoms with Crippen LogP contribution in [-0.2, 0) is 9.59 Å². The Hall–Kier alpha value is -1.75. The Kier molecular flexibility index (Phi) is 5.23. The number of carbonyl (C=O) groups is 2. The Labute approximate surface area is 160 Å². The molecule has 0 aromatic heterocycles. The monoisotopic (exact) mass is 391 g/mol. The average Bonchev–Trinajstić information content (AvgIpc) is 2.80. The van der Waals surface area contributed by atoms with Gasteiger partial charge in [-0.25, -0.2) is 4.90 Å². The number of amides is 2. The van der Waals surface area contributed by atoms with Crippen molar-refractivity contribution in [3.63, 3.8) is 0 Å². The van der Waals surface area contributed by atoms with Crippen LogP contribution < -0.4 is 4.90 Å². The fraction of sp³-hybridized carbons (Fsp3) is 0.158. The predicted octanol–water partition coefficient (Wildman–Crippen LogP) is 5.34. The van der Waals surface area contributed by atoms with E-state index in [-0.39, 0.29) is 11.8 Å². The number of imide groups is 1. The summed E-state index contributed by atoms with van der Waals surface area (Å²) in [7, 11) is 0. The SMILES string of the molecule is CCSC1=C(c2ccc(Cl)cc2)C(=O)N(c2ccc(Cl)cc2C)C1=O. The molecule has 0 bridgehead atoms. The Balaban J connectivity index is 2.11. The van der Waals surface area contributed by atoms with Crippen LogP contribution in [0.4, 0.5) is 5.69 Å². The first-order valence-corrected chi connectivity index (χ1v) is 9.46. The molecule has 3 rings (SSSR count). The highest BCUT2D eigenvalue weighted by molar-refractivity contribution is 8.04. The molecule has 0 saturated carbocycles. The zero-order valence-corrected chi connectivity index (χ0v) is 16.0. The van der Waals surface area contributed by atoms with Crippen molar-refractivity contribution in [3.8, 4) is 0 Å². The van der Waals surface area contributed by atoms with E-state index in [9.17, 15) is 9.59 Å². The first kappa shape index (κ1) is 18.1. The number of thioether (sulfide) groups is 1. The zero-order valence-electron chi connectivity index (χ0n) is 13.7. The lowest BCUT2D eigenvalue weighted by atomic mass is 10.1. The molecule has 1 aliphatic heterocycles. The highest BCUT2D eigenvalue weighted by Gasteiger charge is 2.40. The number of hydrogen-bond acceptors (Lipinski definition) is 3. The van der Waals surface area contributed by atoms with Crippen LogP contribution in [-0.4, -0.2) is 17.6 Å². The van der Waals surface area contributed by atoms with Crippen molar-refractivity contribution in [2.45, 2.75) is 13.8 Å². The van der Waals surface area contributed by atoms with E-state index in [1.54, 1.807) is 42.5 Å². The smallest absolute Gasteiger partial charge is 0.268 e. The van der Waals surface area contributed by atoms with Crippen LogP contribution in [0.25, 0.3) is 5.57 Å². The summed E-state index contributed by atoms with van der Waals surface area (Å²) in [6, 6.07) is 12.1. The van der Waals surface area contributed by atoms with Gasteiger partial charge < -0.3 is 0 Å². The molecule has 1 aliphatic rings. The minimum atomic E-state index is -0.325. The van der Waals surface area contributed by atoms with Gasteiger partial charge in [0.1, 0.15) is 0 Å². The van der Waals surface area contributed by atoms with Crippen molar-refractivity contribution in [2.75, 3.05) is 10.7 Å². The second kappa shape index (κ2) is 7.24. The Morgan fingerprint density at radius 1 is 0.960 bits per heavy atom. The van der Waals surface area contributed by atoms with Gasteiger partial charge in [-0.15, -0.1) is 11.8 Å². The summed E-state index contributed by atoms with van der Waals surface area (Å²) in [6.45, 7) is 3.78. The van der Waals surface area contributed by atoms with E-state index in [1.165, 1.54) is 16.7 Å². The Morgan fingerprint density at radius 2 is 1.60 bits per heavy atom. The molecule has 0 radical (unpaired) electrons. The molecule has 0 saturated heterocycles. The highest BCUT2D eigenvalue weighted by atomic mass is 35.5. The molecule has 3 nitrogen and oxygen atoms in total. The van der Waals surface area contributed by atoms with Crippen LogP contribution in [0.1, 0.15) is 18.1 Å². The molecule has 0 unspecified atom stereocenters. The lowest BCUT2D eigenvalue weighted by Gasteiger charge is -2.18. The predicted molar refractivity (Wildman–Crippen MR) is 105 cm³/mol. The number of anilines is 1. The largest absolute Gasteiger partial charge is 0.272 e. The second-order valence-corrected chi connectivity index (χ2v) is 7.67. The fourth-order valence-corrected chi connectivity index (χ4v) is 3.95. The van der Waals surface area contributed by atoms with Crippen molar-refractivity contribution in [1.29, 1.82) is 0 Å². The van der Waals surface area contributed by atoms with Crippen molar-refractivity contribution in [3.05, 3.63) is 68.5 Å². The van der Waals surface area contributed by atoms with E-state index >= 15 is 0 Å². The molecule has 128 valence electrons. The van der Waals surface area contributed by atoms with Gasteiger partial charge in [-0.1, -0.05) is 42.3 Å². The summed E-state index contributed by atoms with van der Waals surface area (Å²) in [5, 5.41) is 1.14. The molecule has 2 aromatic carbocycles. The van der Waals surface area contributed by atoms with Gasteiger partial charge in [0.2, 0.25) is 0 Å². The average molecular weight is 392 g/mol. The van der Waals surface area contributed by atoms with Crippen LogP contribution in [0.3, 0.4) is 0 Å². The molecule has 6 heteroatoms. The van der Waals surface area contributed by atoms with Crippen molar-refractivity contribution < 1.29 is 9.59 Å². The van der Waals surface area contributed by atoms with E-state index in [1.807, 2.05) is 13.8 Å². The normalized spacial score (nSPS) is 14.6. The molecule has 0 spiro atoms. The van der Waals surface area contributed by atoms with Crippen LogP contribution in [0.5, 0.6) is 0 Å². The maximum absolute atomic E-state index is 13.1. The van der Waals surface area contributed by atoms with Crippen LogP contribution in [0.15, 0.2) is 47.4 Å². The third-order valence-corrected chi connectivity index (χ3v) is 5.31. The number of rotatable bonds is 4. The number of nitrogens with zero attached hydrogens (tertiary/aromatic N) is 1. The molecular formula is C19H15Cl2NO2S. The van der Waals surface area contributed by atoms with Gasteiger partial charge >= 0.3 is 0 Å². The summed E-state index contributed by atoms with van der Waals surface area (Å²) in [5.41, 5.74) is 2.43. The lowest BCUT2D eigenvalue weighted by Crippen LogP contribution is -2.31. The molecule has 0 aliphatic carbocycles. The maximum Gasteiger partial charge on any atom is 0.272 e. The molecule has 1 heterocycles. The van der Waals surface area contributed by atoms with Gasteiger partial charge in [-0.3, -0.25) is 9.59 Å². The number of halogens is 2. The third-order valence-electron chi connectivity index (χ3n) is 3.86. The van der Waals surface area contributed by atoms with Gasteiger partial charge in [-0.05, 0) is 54.1 Å². The molecule has 0 N–H and O–H groups in total. The van der Waals surface area contributed by atoms with Gasteiger partial charge in [0.25, 0.3) is 11.8 Å². The van der Waals surface area contributed by atoms with Crippen LogP contribution in [0.2, 0.25) is 10.0 Å². The summed E-state index contributed by atoms with van der Waals surface area (Å²) >= 11 is 13.3. The summed E-state index contributed by atoms with van der Waals surface area (Å²) in [4.78, 5) is 27.7. The number of aryl methyl sites for hydroxylation is 1. The first-order chi connectivity index (χ1) is 11.9. The molecule has 2 aromatic rings. The number of carbonyl (C=O) groups excluding carboxylic acids is 2. The lowest BCUT2D eigenvalue weighted by molar-refractivity contribution is -0.119. The first-order valence-electron chi connectivity index (χ1n) is 7.72. The molecule has 2 amide bonds. The zero-order chi connectivity index (χ0) is 18.1. The minimum absolute atomic E-state index is 0.299. The highest BCUT2D eigenvalue weighted by Crippen LogP contribution is 2.39. The summed E-state index contributed by atoms with van der Waals surface area (Å²) in [6.07, 6.45) is 0. The van der Waals surface area contributed by atoms with Gasteiger partial charge in [0.05, 0.1) is 16.2 Å². The quantitative estimate of drug-likeness (QED) is 0.660. The van der Waals surface area contributed by atoms with Crippen LogP contribution in [0, 0.1) is 6.92 Å². The van der Waals surface area contributed by atoms with Crippen molar-refractivity contribution in [1.82, 2.24) is 0 Å². The topological polar surface area (TPSA) is 37.4 Å². The van der Waals surface area contributed by atoms with Gasteiger partial charge in [-0.2, -0.15) is 0 Å². The Bertz CT molecular complexity index is 891. The molecule has 25 heavy (non-hydrogen) atoms. The van der Waals surface area contributed by atoms with E-state index in [0.29, 0.717) is 37.5 Å². The van der Waals surface area contributed by atoms with Gasteiger partial charge in [0, 0.05) is 10.0 Å².